The van der Waals surface area contributed by atoms with Gasteiger partial charge in [-0.25, -0.2) is 0 Å². The van der Waals surface area contributed by atoms with Gasteiger partial charge >= 0.3 is 0 Å². The predicted octanol–water partition coefficient (Wildman–Crippen LogP) is 3.58. The Morgan fingerprint density at radius 1 is 1.50 bits per heavy atom. The summed E-state index contributed by atoms with van der Waals surface area (Å²) < 4.78 is 0.196. The summed E-state index contributed by atoms with van der Waals surface area (Å²) in [5, 5.41) is 10.4. The number of hydrogen-bond donors (Lipinski definition) is 0. The van der Waals surface area contributed by atoms with Crippen molar-refractivity contribution in [3.8, 4) is 0 Å². The van der Waals surface area contributed by atoms with E-state index in [2.05, 4.69) is 17.1 Å². The molecule has 0 bridgehead atoms. The number of aromatic nitrogens is 2. The number of thioether (sulfide) groups is 1. The second kappa shape index (κ2) is 3.99. The zero-order chi connectivity index (χ0) is 10.2. The molecule has 1 aromatic rings. The minimum Gasteiger partial charge on any atom is -0.148 e. The maximum atomic E-state index is 5.97. The molecule has 5 heteroatoms. The van der Waals surface area contributed by atoms with Crippen LogP contribution in [0.1, 0.15) is 42.1 Å². The van der Waals surface area contributed by atoms with E-state index < -0.39 is 0 Å². The van der Waals surface area contributed by atoms with Gasteiger partial charge in [0.1, 0.15) is 10.0 Å². The summed E-state index contributed by atoms with van der Waals surface area (Å²) in [5.74, 6) is 1.24. The van der Waals surface area contributed by atoms with E-state index in [-0.39, 0.29) is 10.1 Å². The molecular weight excluding hydrogens is 236 g/mol. The first-order valence-corrected chi connectivity index (χ1v) is 6.97. The van der Waals surface area contributed by atoms with Gasteiger partial charge in [-0.1, -0.05) is 11.3 Å². The molecule has 1 fully saturated rings. The van der Waals surface area contributed by atoms with Crippen LogP contribution in [0.2, 0.25) is 0 Å². The highest BCUT2D eigenvalue weighted by Gasteiger charge is 2.35. The van der Waals surface area contributed by atoms with E-state index in [1.165, 1.54) is 18.6 Å². The number of hydrogen-bond acceptors (Lipinski definition) is 4. The van der Waals surface area contributed by atoms with Crippen LogP contribution in [0.3, 0.4) is 0 Å². The molecule has 1 aliphatic heterocycles. The highest BCUT2D eigenvalue weighted by atomic mass is 35.5. The lowest BCUT2D eigenvalue weighted by molar-refractivity contribution is 0.633. The second-order valence-corrected chi connectivity index (χ2v) is 7.01. The van der Waals surface area contributed by atoms with Crippen LogP contribution < -0.4 is 0 Å². The van der Waals surface area contributed by atoms with Crippen molar-refractivity contribution >= 4 is 34.7 Å². The van der Waals surface area contributed by atoms with E-state index in [9.17, 15) is 0 Å². The van der Waals surface area contributed by atoms with Crippen molar-refractivity contribution in [1.29, 1.82) is 0 Å². The van der Waals surface area contributed by atoms with E-state index in [4.69, 9.17) is 11.6 Å². The van der Waals surface area contributed by atoms with Crippen LogP contribution in [-0.2, 0) is 4.75 Å². The molecule has 0 spiro atoms. The van der Waals surface area contributed by atoms with Crippen LogP contribution in [0, 0.1) is 0 Å². The number of alkyl halides is 1. The van der Waals surface area contributed by atoms with Crippen LogP contribution in [0.15, 0.2) is 0 Å². The minimum absolute atomic E-state index is 0.0174. The van der Waals surface area contributed by atoms with Crippen molar-refractivity contribution < 1.29 is 0 Å². The van der Waals surface area contributed by atoms with Gasteiger partial charge in [0, 0.05) is 0 Å². The van der Waals surface area contributed by atoms with Gasteiger partial charge in [0.15, 0.2) is 0 Å². The zero-order valence-corrected chi connectivity index (χ0v) is 10.7. The molecule has 78 valence electrons. The first-order chi connectivity index (χ1) is 6.62. The third-order valence-corrected chi connectivity index (χ3v) is 5.81. The van der Waals surface area contributed by atoms with E-state index in [0.29, 0.717) is 0 Å². The molecule has 0 N–H and O–H groups in total. The molecule has 1 saturated heterocycles. The normalized spacial score (nSPS) is 29.4. The van der Waals surface area contributed by atoms with Crippen LogP contribution in [0.4, 0.5) is 0 Å². The van der Waals surface area contributed by atoms with Gasteiger partial charge in [0.2, 0.25) is 0 Å². The third kappa shape index (κ3) is 1.92. The lowest BCUT2D eigenvalue weighted by Crippen LogP contribution is -2.11. The molecule has 14 heavy (non-hydrogen) atoms. The molecule has 0 saturated carbocycles. The third-order valence-electron chi connectivity index (χ3n) is 2.45. The fourth-order valence-electron chi connectivity index (χ4n) is 1.56. The summed E-state index contributed by atoms with van der Waals surface area (Å²) in [7, 11) is 0. The SMILES string of the molecule is CC(Cl)c1nnc(C2(C)CCCS2)s1. The van der Waals surface area contributed by atoms with Gasteiger partial charge in [-0.3, -0.25) is 0 Å². The molecule has 2 unspecified atom stereocenters. The van der Waals surface area contributed by atoms with Crippen LogP contribution in [0.25, 0.3) is 0 Å². The molecule has 0 radical (unpaired) electrons. The van der Waals surface area contributed by atoms with Crippen molar-refractivity contribution in [3.63, 3.8) is 0 Å². The predicted molar refractivity (Wildman–Crippen MR) is 63.2 cm³/mol. The van der Waals surface area contributed by atoms with Gasteiger partial charge < -0.3 is 0 Å². The molecular formula is C9H13ClN2S2. The maximum Gasteiger partial charge on any atom is 0.135 e. The average Bonchev–Trinajstić information content (AvgIpc) is 2.71. The van der Waals surface area contributed by atoms with Gasteiger partial charge in [-0.15, -0.1) is 33.6 Å². The zero-order valence-electron chi connectivity index (χ0n) is 8.29. The largest absolute Gasteiger partial charge is 0.148 e. The molecule has 2 nitrogen and oxygen atoms in total. The number of halogens is 1. The smallest absolute Gasteiger partial charge is 0.135 e. The molecule has 2 atom stereocenters. The first kappa shape index (κ1) is 10.7. The fraction of sp³-hybridized carbons (Fsp3) is 0.778. The van der Waals surface area contributed by atoms with E-state index >= 15 is 0 Å². The maximum absolute atomic E-state index is 5.97. The monoisotopic (exact) mass is 248 g/mol. The summed E-state index contributed by atoms with van der Waals surface area (Å²) in [6, 6.07) is 0. The molecule has 0 aliphatic carbocycles. The van der Waals surface area contributed by atoms with Gasteiger partial charge in [-0.2, -0.15) is 0 Å². The summed E-state index contributed by atoms with van der Waals surface area (Å²) in [6.07, 6.45) is 2.50. The number of rotatable bonds is 2. The van der Waals surface area contributed by atoms with E-state index in [1.54, 1.807) is 11.3 Å². The van der Waals surface area contributed by atoms with Gasteiger partial charge in [0.25, 0.3) is 0 Å². The average molecular weight is 249 g/mol. The Bertz CT molecular complexity index is 318. The van der Waals surface area contributed by atoms with Crippen molar-refractivity contribution in [2.24, 2.45) is 0 Å². The summed E-state index contributed by atoms with van der Waals surface area (Å²) in [4.78, 5) is 0. The summed E-state index contributed by atoms with van der Waals surface area (Å²) in [5.41, 5.74) is 0. The highest BCUT2D eigenvalue weighted by Crippen LogP contribution is 2.47. The Hall–Kier alpha value is 0.200. The molecule has 2 heterocycles. The number of nitrogens with zero attached hydrogens (tertiary/aromatic N) is 2. The Balaban J connectivity index is 2.23. The van der Waals surface area contributed by atoms with Crippen molar-refractivity contribution in [1.82, 2.24) is 10.2 Å². The lowest BCUT2D eigenvalue weighted by atomic mass is 10.1. The van der Waals surface area contributed by atoms with Crippen molar-refractivity contribution in [2.75, 3.05) is 5.75 Å². The molecule has 0 aromatic carbocycles. The fourth-order valence-corrected chi connectivity index (χ4v) is 4.07. The minimum atomic E-state index is -0.0174. The Morgan fingerprint density at radius 3 is 2.79 bits per heavy atom. The van der Waals surface area contributed by atoms with E-state index in [0.717, 1.165) is 10.0 Å². The topological polar surface area (TPSA) is 25.8 Å². The Labute approximate surface area is 97.5 Å². The van der Waals surface area contributed by atoms with Crippen LogP contribution in [0.5, 0.6) is 0 Å². The van der Waals surface area contributed by atoms with Crippen molar-refractivity contribution in [2.45, 2.75) is 36.8 Å². The van der Waals surface area contributed by atoms with Crippen LogP contribution in [-0.4, -0.2) is 16.0 Å². The first-order valence-electron chi connectivity index (χ1n) is 4.74. The lowest BCUT2D eigenvalue weighted by Gasteiger charge is -2.17. The van der Waals surface area contributed by atoms with Crippen LogP contribution >= 0.6 is 34.7 Å². The van der Waals surface area contributed by atoms with Gasteiger partial charge in [-0.05, 0) is 32.4 Å². The highest BCUT2D eigenvalue weighted by molar-refractivity contribution is 8.00. The summed E-state index contributed by atoms with van der Waals surface area (Å²) in [6.45, 7) is 4.20. The molecule has 1 aromatic heterocycles. The summed E-state index contributed by atoms with van der Waals surface area (Å²) >= 11 is 9.62. The molecule has 1 aliphatic rings. The quantitative estimate of drug-likeness (QED) is 0.749. The second-order valence-electron chi connectivity index (χ2n) is 3.74. The Morgan fingerprint density at radius 2 is 2.29 bits per heavy atom. The van der Waals surface area contributed by atoms with Gasteiger partial charge in [0.05, 0.1) is 10.1 Å². The Kier molecular flexibility index (Phi) is 3.05. The molecule has 2 rings (SSSR count). The van der Waals surface area contributed by atoms with Crippen molar-refractivity contribution in [3.05, 3.63) is 10.0 Å². The van der Waals surface area contributed by atoms with E-state index in [1.807, 2.05) is 18.7 Å². The standard InChI is InChI=1S/C9H13ClN2S2/c1-6(10)7-11-12-8(14-7)9(2)4-3-5-13-9/h6H,3-5H2,1-2H3. The molecule has 0 amide bonds.